The Morgan fingerprint density at radius 2 is 1.68 bits per heavy atom. The van der Waals surface area contributed by atoms with Gasteiger partial charge in [0.25, 0.3) is 5.56 Å². The van der Waals surface area contributed by atoms with E-state index in [0.29, 0.717) is 16.8 Å². The molecule has 25 heavy (non-hydrogen) atoms. The summed E-state index contributed by atoms with van der Waals surface area (Å²) in [6, 6.07) is 11.5. The Labute approximate surface area is 140 Å². The van der Waals surface area contributed by atoms with Gasteiger partial charge in [0.1, 0.15) is 22.8 Å². The number of halogens is 2. The van der Waals surface area contributed by atoms with Crippen LogP contribution in [0, 0.1) is 18.6 Å². The van der Waals surface area contributed by atoms with Gasteiger partial charge in [-0.1, -0.05) is 12.1 Å². The first kappa shape index (κ1) is 15.2. The van der Waals surface area contributed by atoms with E-state index < -0.39 is 11.4 Å². The molecule has 2 aromatic carbocycles. The molecule has 0 aliphatic rings. The van der Waals surface area contributed by atoms with E-state index in [1.165, 1.54) is 53.3 Å². The highest BCUT2D eigenvalue weighted by molar-refractivity contribution is 5.81. The zero-order valence-electron chi connectivity index (χ0n) is 13.1. The molecule has 7 heteroatoms. The number of hydrogen-bond donors (Lipinski definition) is 0. The summed E-state index contributed by atoms with van der Waals surface area (Å²) in [7, 11) is 0. The lowest BCUT2D eigenvalue weighted by molar-refractivity contribution is 0.605. The zero-order valence-corrected chi connectivity index (χ0v) is 13.1. The van der Waals surface area contributed by atoms with Gasteiger partial charge in [0, 0.05) is 5.39 Å². The Balaban J connectivity index is 2.05. The van der Waals surface area contributed by atoms with Crippen LogP contribution < -0.4 is 5.56 Å². The molecule has 0 N–H and O–H groups in total. The van der Waals surface area contributed by atoms with Crippen LogP contribution in [0.4, 0.5) is 8.78 Å². The topological polar surface area (TPSA) is 52.7 Å². The predicted octanol–water partition coefficient (Wildman–Crippen LogP) is 3.16. The second-order valence-corrected chi connectivity index (χ2v) is 5.55. The van der Waals surface area contributed by atoms with Crippen molar-refractivity contribution in [1.82, 2.24) is 19.6 Å². The molecule has 0 atom stereocenters. The van der Waals surface area contributed by atoms with Gasteiger partial charge >= 0.3 is 0 Å². The molecule has 2 aromatic heterocycles. The van der Waals surface area contributed by atoms with Crippen LogP contribution in [0.2, 0.25) is 0 Å². The highest BCUT2D eigenvalue weighted by atomic mass is 19.1. The van der Waals surface area contributed by atoms with Gasteiger partial charge in [0.05, 0.1) is 17.6 Å². The maximum Gasteiger partial charge on any atom is 0.298 e. The number of aromatic nitrogens is 4. The molecular formula is C18H12F2N4O. The molecule has 0 bridgehead atoms. The Morgan fingerprint density at radius 3 is 2.40 bits per heavy atom. The number of aryl methyl sites for hydroxylation is 1. The molecule has 4 aromatic rings. The lowest BCUT2D eigenvalue weighted by Crippen LogP contribution is -2.24. The highest BCUT2D eigenvalue weighted by Crippen LogP contribution is 2.19. The fraction of sp³-hybridized carbons (Fsp3) is 0.0556. The number of nitrogens with zero attached hydrogens (tertiary/aromatic N) is 4. The van der Waals surface area contributed by atoms with E-state index in [-0.39, 0.29) is 17.0 Å². The van der Waals surface area contributed by atoms with E-state index in [1.54, 1.807) is 13.0 Å². The second-order valence-electron chi connectivity index (χ2n) is 5.55. The van der Waals surface area contributed by atoms with Crippen LogP contribution in [-0.2, 0) is 0 Å². The average molecular weight is 338 g/mol. The number of fused-ring (bicyclic) bond motifs is 1. The first-order chi connectivity index (χ1) is 12.1. The summed E-state index contributed by atoms with van der Waals surface area (Å²) in [6.07, 6.45) is 1.52. The Kier molecular flexibility index (Phi) is 3.42. The molecule has 0 fully saturated rings. The summed E-state index contributed by atoms with van der Waals surface area (Å²) in [6.45, 7) is 1.72. The molecule has 2 heterocycles. The van der Waals surface area contributed by atoms with E-state index in [4.69, 9.17) is 0 Å². The van der Waals surface area contributed by atoms with Crippen molar-refractivity contribution in [2.75, 3.05) is 0 Å². The minimum absolute atomic E-state index is 0.0596. The lowest BCUT2D eigenvalue weighted by atomic mass is 10.2. The SMILES string of the molecule is Cc1nn(-c2ccccc2F)c(=O)c2c1cnn2-c1ccc(F)cc1. The molecule has 0 saturated carbocycles. The zero-order chi connectivity index (χ0) is 17.6. The van der Waals surface area contributed by atoms with E-state index in [1.807, 2.05) is 0 Å². The Morgan fingerprint density at radius 1 is 0.960 bits per heavy atom. The minimum Gasteiger partial charge on any atom is -0.265 e. The van der Waals surface area contributed by atoms with Gasteiger partial charge in [-0.15, -0.1) is 0 Å². The molecule has 0 unspecified atom stereocenters. The number of para-hydroxylation sites is 1. The van der Waals surface area contributed by atoms with Crippen molar-refractivity contribution in [3.8, 4) is 11.4 Å². The van der Waals surface area contributed by atoms with E-state index in [9.17, 15) is 13.6 Å². The number of rotatable bonds is 2. The van der Waals surface area contributed by atoms with Gasteiger partial charge in [-0.25, -0.2) is 13.5 Å². The van der Waals surface area contributed by atoms with Crippen molar-refractivity contribution in [2.24, 2.45) is 0 Å². The molecule has 124 valence electrons. The summed E-state index contributed by atoms with van der Waals surface area (Å²) in [5, 5.41) is 8.98. The largest absolute Gasteiger partial charge is 0.298 e. The third-order valence-corrected chi connectivity index (χ3v) is 3.96. The monoisotopic (exact) mass is 338 g/mol. The van der Waals surface area contributed by atoms with E-state index in [2.05, 4.69) is 10.2 Å². The van der Waals surface area contributed by atoms with E-state index >= 15 is 0 Å². The lowest BCUT2D eigenvalue weighted by Gasteiger charge is -2.09. The van der Waals surface area contributed by atoms with Crippen molar-refractivity contribution in [3.05, 3.63) is 82.4 Å². The maximum absolute atomic E-state index is 14.1. The molecule has 0 aliphatic carbocycles. The van der Waals surface area contributed by atoms with Gasteiger partial charge in [-0.05, 0) is 43.3 Å². The van der Waals surface area contributed by atoms with Crippen LogP contribution in [-0.4, -0.2) is 19.6 Å². The summed E-state index contributed by atoms with van der Waals surface area (Å²) in [4.78, 5) is 13.0. The standard InChI is InChI=1S/C18H12F2N4O/c1-11-14-10-21-23(13-8-6-12(19)7-9-13)17(14)18(25)24(22-11)16-5-3-2-4-15(16)20/h2-10H,1H3. The fourth-order valence-electron chi connectivity index (χ4n) is 2.73. The summed E-state index contributed by atoms with van der Waals surface area (Å²) in [5.74, 6) is -0.939. The van der Waals surface area contributed by atoms with E-state index in [0.717, 1.165) is 4.68 Å². The third kappa shape index (κ3) is 2.40. The van der Waals surface area contributed by atoms with Crippen LogP contribution >= 0.6 is 0 Å². The smallest absolute Gasteiger partial charge is 0.265 e. The minimum atomic E-state index is -0.552. The second kappa shape index (κ2) is 5.62. The van der Waals surface area contributed by atoms with Crippen molar-refractivity contribution < 1.29 is 8.78 Å². The van der Waals surface area contributed by atoms with Crippen LogP contribution in [0.3, 0.4) is 0 Å². The van der Waals surface area contributed by atoms with Gasteiger partial charge in [0.15, 0.2) is 0 Å². The predicted molar refractivity (Wildman–Crippen MR) is 89.1 cm³/mol. The van der Waals surface area contributed by atoms with Crippen LogP contribution in [0.15, 0.2) is 59.5 Å². The molecule has 0 saturated heterocycles. The number of benzene rings is 2. The summed E-state index contributed by atoms with van der Waals surface area (Å²) >= 11 is 0. The quantitative estimate of drug-likeness (QED) is 0.564. The molecule has 0 amide bonds. The Bertz CT molecular complexity index is 1150. The maximum atomic E-state index is 14.1. The van der Waals surface area contributed by atoms with Crippen molar-refractivity contribution in [1.29, 1.82) is 0 Å². The Hall–Kier alpha value is -3.35. The molecule has 0 radical (unpaired) electrons. The first-order valence-electron chi connectivity index (χ1n) is 7.55. The van der Waals surface area contributed by atoms with Gasteiger partial charge < -0.3 is 0 Å². The van der Waals surface area contributed by atoms with Gasteiger partial charge in [-0.3, -0.25) is 4.79 Å². The summed E-state index contributed by atoms with van der Waals surface area (Å²) in [5.41, 5.74) is 0.865. The molecule has 5 nitrogen and oxygen atoms in total. The van der Waals surface area contributed by atoms with Crippen LogP contribution in [0.5, 0.6) is 0 Å². The molecular weight excluding hydrogens is 326 g/mol. The fourth-order valence-corrected chi connectivity index (χ4v) is 2.73. The van der Waals surface area contributed by atoms with Crippen LogP contribution in [0.1, 0.15) is 5.69 Å². The van der Waals surface area contributed by atoms with Crippen molar-refractivity contribution >= 4 is 10.9 Å². The van der Waals surface area contributed by atoms with Crippen molar-refractivity contribution in [2.45, 2.75) is 6.92 Å². The highest BCUT2D eigenvalue weighted by Gasteiger charge is 2.17. The summed E-state index contributed by atoms with van der Waals surface area (Å²) < 4.78 is 29.7. The molecule has 4 rings (SSSR count). The molecule has 0 spiro atoms. The van der Waals surface area contributed by atoms with Crippen molar-refractivity contribution in [3.63, 3.8) is 0 Å². The van der Waals surface area contributed by atoms with Gasteiger partial charge in [-0.2, -0.15) is 14.9 Å². The van der Waals surface area contributed by atoms with Gasteiger partial charge in [0.2, 0.25) is 0 Å². The number of hydrogen-bond acceptors (Lipinski definition) is 3. The first-order valence-corrected chi connectivity index (χ1v) is 7.55. The normalized spacial score (nSPS) is 11.2. The molecule has 0 aliphatic heterocycles. The van der Waals surface area contributed by atoms with Crippen LogP contribution in [0.25, 0.3) is 22.3 Å². The third-order valence-electron chi connectivity index (χ3n) is 3.96. The average Bonchev–Trinajstić information content (AvgIpc) is 3.05.